The maximum Gasteiger partial charge on any atom is 0.238 e. The summed E-state index contributed by atoms with van der Waals surface area (Å²) in [7, 11) is 1.55. The Morgan fingerprint density at radius 3 is 2.64 bits per heavy atom. The lowest BCUT2D eigenvalue weighted by molar-refractivity contribution is -0.117. The second-order valence-electron chi connectivity index (χ2n) is 6.66. The number of ether oxygens (including phenoxy) is 1. The number of nitrogens with one attached hydrogen (secondary N) is 1. The molecule has 1 amide bonds. The zero-order valence-electron chi connectivity index (χ0n) is 15.6. The van der Waals surface area contributed by atoms with Crippen molar-refractivity contribution in [2.75, 3.05) is 45.2 Å². The molecule has 1 N–H and O–H groups in total. The van der Waals surface area contributed by atoms with Gasteiger partial charge >= 0.3 is 0 Å². The number of anilines is 1. The number of rotatable bonds is 6. The number of methoxy groups -OCH3 is 1. The van der Waals surface area contributed by atoms with Gasteiger partial charge in [0.15, 0.2) is 0 Å². The number of carbonyl (C=O) groups is 1. The van der Waals surface area contributed by atoms with Gasteiger partial charge in [0.2, 0.25) is 5.91 Å². The molecule has 0 bridgehead atoms. The number of hydrogen-bond donors (Lipinski definition) is 1. The van der Waals surface area contributed by atoms with Crippen molar-refractivity contribution in [1.29, 1.82) is 0 Å². The molecule has 8 heteroatoms. The molecule has 0 radical (unpaired) electrons. The molecule has 3 rings (SSSR count). The fourth-order valence-corrected chi connectivity index (χ4v) is 3.77. The highest BCUT2D eigenvalue weighted by Crippen LogP contribution is 2.27. The predicted octanol–water partition coefficient (Wildman–Crippen LogP) is 4.01. The third-order valence-corrected chi connectivity index (χ3v) is 5.54. The Kier molecular flexibility index (Phi) is 7.29. The fourth-order valence-electron chi connectivity index (χ4n) is 3.19. The third-order valence-electron chi connectivity index (χ3n) is 4.69. The minimum Gasteiger partial charge on any atom is -0.495 e. The maximum atomic E-state index is 14.1. The first kappa shape index (κ1) is 21.0. The van der Waals surface area contributed by atoms with Crippen molar-refractivity contribution in [2.24, 2.45) is 0 Å². The van der Waals surface area contributed by atoms with Crippen LogP contribution in [0.5, 0.6) is 5.75 Å². The highest BCUT2D eigenvalue weighted by Gasteiger charge is 2.20. The summed E-state index contributed by atoms with van der Waals surface area (Å²) >= 11 is 9.23. The van der Waals surface area contributed by atoms with Crippen LogP contribution in [0.15, 0.2) is 40.9 Å². The van der Waals surface area contributed by atoms with E-state index in [0.717, 1.165) is 26.2 Å². The smallest absolute Gasteiger partial charge is 0.238 e. The highest BCUT2D eigenvalue weighted by molar-refractivity contribution is 9.10. The molecule has 2 aromatic carbocycles. The van der Waals surface area contributed by atoms with Crippen molar-refractivity contribution in [3.8, 4) is 5.75 Å². The van der Waals surface area contributed by atoms with Gasteiger partial charge in [0.25, 0.3) is 0 Å². The number of halogens is 3. The van der Waals surface area contributed by atoms with Crippen LogP contribution >= 0.6 is 27.5 Å². The van der Waals surface area contributed by atoms with Crippen molar-refractivity contribution in [2.45, 2.75) is 6.54 Å². The number of piperazine rings is 1. The van der Waals surface area contributed by atoms with E-state index in [0.29, 0.717) is 33.0 Å². The predicted molar refractivity (Wildman–Crippen MR) is 112 cm³/mol. The number of benzene rings is 2. The van der Waals surface area contributed by atoms with Crippen LogP contribution in [0.3, 0.4) is 0 Å². The molecule has 0 saturated carbocycles. The Bertz CT molecular complexity index is 844. The molecule has 2 aromatic rings. The molecule has 1 aliphatic heterocycles. The summed E-state index contributed by atoms with van der Waals surface area (Å²) in [5.74, 6) is 0.241. The molecule has 1 saturated heterocycles. The van der Waals surface area contributed by atoms with Gasteiger partial charge in [-0.25, -0.2) is 4.39 Å². The zero-order valence-corrected chi connectivity index (χ0v) is 17.9. The van der Waals surface area contributed by atoms with Crippen molar-refractivity contribution in [1.82, 2.24) is 9.80 Å². The Hall–Kier alpha value is -1.67. The molecule has 0 unspecified atom stereocenters. The van der Waals surface area contributed by atoms with Crippen molar-refractivity contribution >= 4 is 39.1 Å². The van der Waals surface area contributed by atoms with Crippen LogP contribution in [0.1, 0.15) is 5.56 Å². The summed E-state index contributed by atoms with van der Waals surface area (Å²) in [6.07, 6.45) is 0. The molecule has 1 heterocycles. The highest BCUT2D eigenvalue weighted by atomic mass is 79.9. The number of amides is 1. The van der Waals surface area contributed by atoms with Crippen LogP contribution in [-0.2, 0) is 11.3 Å². The van der Waals surface area contributed by atoms with Gasteiger partial charge in [-0.05, 0) is 40.2 Å². The van der Waals surface area contributed by atoms with Crippen LogP contribution in [0, 0.1) is 5.82 Å². The van der Waals surface area contributed by atoms with Gasteiger partial charge in [0.1, 0.15) is 11.6 Å². The second kappa shape index (κ2) is 9.69. The minimum atomic E-state index is -0.209. The van der Waals surface area contributed by atoms with E-state index in [1.54, 1.807) is 37.4 Å². The molecule has 1 aliphatic rings. The molecule has 0 spiro atoms. The lowest BCUT2D eigenvalue weighted by atomic mass is 10.2. The Morgan fingerprint density at radius 1 is 1.21 bits per heavy atom. The topological polar surface area (TPSA) is 44.8 Å². The third kappa shape index (κ3) is 5.44. The van der Waals surface area contributed by atoms with Crippen LogP contribution < -0.4 is 10.1 Å². The largest absolute Gasteiger partial charge is 0.495 e. The van der Waals surface area contributed by atoms with Gasteiger partial charge in [0.05, 0.1) is 23.8 Å². The van der Waals surface area contributed by atoms with E-state index in [-0.39, 0.29) is 18.3 Å². The molecular weight excluding hydrogens is 449 g/mol. The first-order valence-electron chi connectivity index (χ1n) is 8.97. The molecular formula is C20H22BrClFN3O2. The quantitative estimate of drug-likeness (QED) is 0.693. The van der Waals surface area contributed by atoms with E-state index in [1.165, 1.54) is 0 Å². The average molecular weight is 471 g/mol. The standard InChI is InChI=1S/C20H22BrClFN3O2/c1-28-18-6-5-15(22)11-17(18)24-19(27)13-26-9-7-25(8-10-26)12-14-3-2-4-16(21)20(14)23/h2-6,11H,7-10,12-13H2,1H3,(H,24,27). The van der Waals surface area contributed by atoms with Gasteiger partial charge < -0.3 is 10.1 Å². The lowest BCUT2D eigenvalue weighted by Crippen LogP contribution is -2.48. The molecule has 0 atom stereocenters. The van der Waals surface area contributed by atoms with Gasteiger partial charge in [0, 0.05) is 43.3 Å². The molecule has 0 aliphatic carbocycles. The monoisotopic (exact) mass is 469 g/mol. The van der Waals surface area contributed by atoms with Gasteiger partial charge in [-0.2, -0.15) is 0 Å². The molecule has 5 nitrogen and oxygen atoms in total. The normalized spacial score (nSPS) is 15.4. The first-order chi connectivity index (χ1) is 13.5. The van der Waals surface area contributed by atoms with Gasteiger partial charge in [-0.15, -0.1) is 0 Å². The summed E-state index contributed by atoms with van der Waals surface area (Å²) < 4.78 is 19.9. The van der Waals surface area contributed by atoms with Crippen LogP contribution in [-0.4, -0.2) is 55.5 Å². The van der Waals surface area contributed by atoms with E-state index >= 15 is 0 Å². The summed E-state index contributed by atoms with van der Waals surface area (Å²) in [5.41, 5.74) is 1.23. The van der Waals surface area contributed by atoms with E-state index in [2.05, 4.69) is 31.0 Å². The maximum absolute atomic E-state index is 14.1. The van der Waals surface area contributed by atoms with E-state index in [9.17, 15) is 9.18 Å². The molecule has 150 valence electrons. The summed E-state index contributed by atoms with van der Waals surface area (Å²) in [4.78, 5) is 16.7. The van der Waals surface area contributed by atoms with Gasteiger partial charge in [-0.3, -0.25) is 14.6 Å². The summed E-state index contributed by atoms with van der Waals surface area (Å²) in [5, 5.41) is 3.39. The molecule has 0 aromatic heterocycles. The lowest BCUT2D eigenvalue weighted by Gasteiger charge is -2.34. The molecule has 1 fully saturated rings. The van der Waals surface area contributed by atoms with E-state index in [1.807, 2.05) is 6.07 Å². The SMILES string of the molecule is COc1ccc(Cl)cc1NC(=O)CN1CCN(Cc2cccc(Br)c2F)CC1. The van der Waals surface area contributed by atoms with Crippen LogP contribution in [0.4, 0.5) is 10.1 Å². The Morgan fingerprint density at radius 2 is 1.93 bits per heavy atom. The zero-order chi connectivity index (χ0) is 20.1. The average Bonchev–Trinajstić information content (AvgIpc) is 2.67. The second-order valence-corrected chi connectivity index (χ2v) is 7.95. The Labute approximate surface area is 177 Å². The summed E-state index contributed by atoms with van der Waals surface area (Å²) in [6.45, 7) is 3.89. The number of carbonyl (C=O) groups excluding carboxylic acids is 1. The van der Waals surface area contributed by atoms with Crippen molar-refractivity contribution in [3.63, 3.8) is 0 Å². The van der Waals surface area contributed by atoms with Crippen molar-refractivity contribution in [3.05, 3.63) is 57.3 Å². The minimum absolute atomic E-state index is 0.118. The van der Waals surface area contributed by atoms with E-state index < -0.39 is 0 Å². The number of nitrogens with zero attached hydrogens (tertiary/aromatic N) is 2. The van der Waals surface area contributed by atoms with Crippen LogP contribution in [0.2, 0.25) is 5.02 Å². The van der Waals surface area contributed by atoms with Gasteiger partial charge in [-0.1, -0.05) is 23.7 Å². The Balaban J connectivity index is 1.49. The summed E-state index contributed by atoms with van der Waals surface area (Å²) in [6, 6.07) is 10.4. The first-order valence-corrected chi connectivity index (χ1v) is 10.1. The van der Waals surface area contributed by atoms with Crippen molar-refractivity contribution < 1.29 is 13.9 Å². The van der Waals surface area contributed by atoms with Crippen LogP contribution in [0.25, 0.3) is 0 Å². The molecule has 28 heavy (non-hydrogen) atoms. The number of hydrogen-bond acceptors (Lipinski definition) is 4. The fraction of sp³-hybridized carbons (Fsp3) is 0.350. The van der Waals surface area contributed by atoms with E-state index in [4.69, 9.17) is 16.3 Å².